The summed E-state index contributed by atoms with van der Waals surface area (Å²) in [5.74, 6) is 0.519. The molecule has 0 aliphatic heterocycles. The molecule has 0 aliphatic carbocycles. The van der Waals surface area contributed by atoms with Gasteiger partial charge in [0, 0.05) is 10.7 Å². The van der Waals surface area contributed by atoms with Crippen LogP contribution < -0.4 is 10.1 Å². The average molecular weight is 318 g/mol. The molecule has 1 atom stereocenters. The lowest BCUT2D eigenvalue weighted by Crippen LogP contribution is -2.30. The topological polar surface area (TPSA) is 38.3 Å². The summed E-state index contributed by atoms with van der Waals surface area (Å²) in [4.78, 5) is 12.2. The molecule has 2 aromatic carbocycles. The van der Waals surface area contributed by atoms with Crippen LogP contribution in [0.5, 0.6) is 5.75 Å². The molecule has 22 heavy (non-hydrogen) atoms. The summed E-state index contributed by atoms with van der Waals surface area (Å²) in [6.07, 6.45) is -0.597. The number of carbonyl (C=O) groups is 1. The van der Waals surface area contributed by atoms with Gasteiger partial charge in [-0.1, -0.05) is 29.8 Å². The normalized spacial score (nSPS) is 11.9. The van der Waals surface area contributed by atoms with Crippen molar-refractivity contribution in [2.24, 2.45) is 0 Å². The molecule has 1 unspecified atom stereocenters. The Kier molecular flexibility index (Phi) is 5.09. The van der Waals surface area contributed by atoms with E-state index in [9.17, 15) is 4.79 Å². The van der Waals surface area contributed by atoms with Crippen molar-refractivity contribution >= 4 is 23.2 Å². The first-order valence-electron chi connectivity index (χ1n) is 7.18. The van der Waals surface area contributed by atoms with Crippen molar-refractivity contribution in [2.45, 2.75) is 33.8 Å². The second kappa shape index (κ2) is 6.84. The Morgan fingerprint density at radius 1 is 1.09 bits per heavy atom. The van der Waals surface area contributed by atoms with E-state index in [1.165, 1.54) is 0 Å². The van der Waals surface area contributed by atoms with E-state index in [0.717, 1.165) is 22.4 Å². The van der Waals surface area contributed by atoms with Gasteiger partial charge in [-0.3, -0.25) is 4.79 Å². The molecule has 116 valence electrons. The van der Waals surface area contributed by atoms with E-state index in [1.807, 2.05) is 51.1 Å². The number of anilines is 1. The molecule has 0 fully saturated rings. The highest BCUT2D eigenvalue weighted by Crippen LogP contribution is 2.22. The quantitative estimate of drug-likeness (QED) is 0.889. The molecule has 0 aliphatic rings. The van der Waals surface area contributed by atoms with Gasteiger partial charge in [0.15, 0.2) is 6.10 Å². The molecule has 2 aromatic rings. The highest BCUT2D eigenvalue weighted by atomic mass is 35.5. The van der Waals surface area contributed by atoms with Crippen LogP contribution in [0.15, 0.2) is 36.4 Å². The highest BCUT2D eigenvalue weighted by molar-refractivity contribution is 6.31. The molecule has 2 rings (SSSR count). The molecule has 0 saturated carbocycles. The van der Waals surface area contributed by atoms with Gasteiger partial charge < -0.3 is 10.1 Å². The van der Waals surface area contributed by atoms with Gasteiger partial charge in [-0.2, -0.15) is 0 Å². The van der Waals surface area contributed by atoms with Crippen molar-refractivity contribution in [1.29, 1.82) is 0 Å². The maximum atomic E-state index is 12.2. The smallest absolute Gasteiger partial charge is 0.265 e. The Bertz CT molecular complexity index is 697. The third kappa shape index (κ3) is 4.01. The summed E-state index contributed by atoms with van der Waals surface area (Å²) in [5, 5.41) is 3.44. The second-order valence-electron chi connectivity index (χ2n) is 5.48. The molecule has 0 bridgehead atoms. The Balaban J connectivity index is 2.05. The van der Waals surface area contributed by atoms with Crippen LogP contribution in [0.25, 0.3) is 0 Å². The van der Waals surface area contributed by atoms with Gasteiger partial charge in [-0.05, 0) is 62.6 Å². The van der Waals surface area contributed by atoms with Crippen LogP contribution in [0, 0.1) is 20.8 Å². The number of hydrogen-bond donors (Lipinski definition) is 1. The van der Waals surface area contributed by atoms with Crippen LogP contribution in [0.2, 0.25) is 5.02 Å². The number of amides is 1. The monoisotopic (exact) mass is 317 g/mol. The van der Waals surface area contributed by atoms with Crippen molar-refractivity contribution in [1.82, 2.24) is 0 Å². The van der Waals surface area contributed by atoms with Crippen LogP contribution in [-0.2, 0) is 4.79 Å². The van der Waals surface area contributed by atoms with Gasteiger partial charge in [0.2, 0.25) is 0 Å². The average Bonchev–Trinajstić information content (AvgIpc) is 2.46. The first-order valence-corrected chi connectivity index (χ1v) is 7.55. The lowest BCUT2D eigenvalue weighted by molar-refractivity contribution is -0.122. The van der Waals surface area contributed by atoms with Gasteiger partial charge in [0.1, 0.15) is 5.75 Å². The SMILES string of the molecule is Cc1ccc(C)c(OC(C)C(=O)Nc2ccc(C)c(Cl)c2)c1. The number of benzene rings is 2. The van der Waals surface area contributed by atoms with E-state index in [-0.39, 0.29) is 5.91 Å². The van der Waals surface area contributed by atoms with Gasteiger partial charge in [-0.15, -0.1) is 0 Å². The standard InChI is InChI=1S/C18H20ClNO2/c1-11-5-6-13(3)17(9-11)22-14(4)18(21)20-15-8-7-12(2)16(19)10-15/h5-10,14H,1-4H3,(H,20,21). The summed E-state index contributed by atoms with van der Waals surface area (Å²) < 4.78 is 5.77. The maximum absolute atomic E-state index is 12.2. The van der Waals surface area contributed by atoms with E-state index in [4.69, 9.17) is 16.3 Å². The van der Waals surface area contributed by atoms with E-state index in [0.29, 0.717) is 10.7 Å². The van der Waals surface area contributed by atoms with Gasteiger partial charge in [0.25, 0.3) is 5.91 Å². The van der Waals surface area contributed by atoms with Gasteiger partial charge in [-0.25, -0.2) is 0 Å². The number of nitrogens with one attached hydrogen (secondary N) is 1. The molecule has 0 saturated heterocycles. The predicted molar refractivity (Wildman–Crippen MR) is 90.8 cm³/mol. The second-order valence-corrected chi connectivity index (χ2v) is 5.89. The lowest BCUT2D eigenvalue weighted by atomic mass is 10.1. The zero-order valence-electron chi connectivity index (χ0n) is 13.2. The van der Waals surface area contributed by atoms with Gasteiger partial charge >= 0.3 is 0 Å². The van der Waals surface area contributed by atoms with Crippen LogP contribution in [-0.4, -0.2) is 12.0 Å². The van der Waals surface area contributed by atoms with E-state index < -0.39 is 6.10 Å². The first kappa shape index (κ1) is 16.4. The van der Waals surface area contributed by atoms with Crippen LogP contribution in [0.1, 0.15) is 23.6 Å². The molecule has 0 spiro atoms. The zero-order chi connectivity index (χ0) is 16.3. The van der Waals surface area contributed by atoms with Crippen LogP contribution in [0.3, 0.4) is 0 Å². The Hall–Kier alpha value is -2.00. The summed E-state index contributed by atoms with van der Waals surface area (Å²) in [7, 11) is 0. The molecule has 1 amide bonds. The number of hydrogen-bond acceptors (Lipinski definition) is 2. The number of carbonyl (C=O) groups excluding carboxylic acids is 1. The third-order valence-electron chi connectivity index (χ3n) is 3.46. The number of ether oxygens (including phenoxy) is 1. The third-order valence-corrected chi connectivity index (χ3v) is 3.86. The largest absolute Gasteiger partial charge is 0.481 e. The Labute approximate surface area is 136 Å². The van der Waals surface area contributed by atoms with Crippen molar-refractivity contribution in [3.05, 3.63) is 58.1 Å². The number of halogens is 1. The number of aryl methyl sites for hydroxylation is 3. The predicted octanol–water partition coefficient (Wildman–Crippen LogP) is 4.67. The molecule has 0 aromatic heterocycles. The van der Waals surface area contributed by atoms with Crippen molar-refractivity contribution in [3.8, 4) is 5.75 Å². The lowest BCUT2D eigenvalue weighted by Gasteiger charge is -2.17. The van der Waals surface area contributed by atoms with E-state index >= 15 is 0 Å². The molecule has 0 radical (unpaired) electrons. The highest BCUT2D eigenvalue weighted by Gasteiger charge is 2.16. The minimum Gasteiger partial charge on any atom is -0.481 e. The minimum absolute atomic E-state index is 0.208. The van der Waals surface area contributed by atoms with E-state index in [2.05, 4.69) is 5.32 Å². The Morgan fingerprint density at radius 2 is 1.77 bits per heavy atom. The van der Waals surface area contributed by atoms with Crippen LogP contribution in [0.4, 0.5) is 5.69 Å². The minimum atomic E-state index is -0.597. The van der Waals surface area contributed by atoms with Gasteiger partial charge in [0.05, 0.1) is 0 Å². The molecule has 1 N–H and O–H groups in total. The summed E-state index contributed by atoms with van der Waals surface area (Å²) in [6.45, 7) is 7.59. The molecule has 0 heterocycles. The molecule has 4 heteroatoms. The Morgan fingerprint density at radius 3 is 2.45 bits per heavy atom. The first-order chi connectivity index (χ1) is 10.4. The fraction of sp³-hybridized carbons (Fsp3) is 0.278. The molecular formula is C18H20ClNO2. The van der Waals surface area contributed by atoms with Crippen molar-refractivity contribution in [2.75, 3.05) is 5.32 Å². The summed E-state index contributed by atoms with van der Waals surface area (Å²) in [5.41, 5.74) is 3.73. The van der Waals surface area contributed by atoms with E-state index in [1.54, 1.807) is 13.0 Å². The fourth-order valence-corrected chi connectivity index (χ4v) is 2.17. The molecular weight excluding hydrogens is 298 g/mol. The number of rotatable bonds is 4. The van der Waals surface area contributed by atoms with Crippen LogP contribution >= 0.6 is 11.6 Å². The van der Waals surface area contributed by atoms with Crippen molar-refractivity contribution in [3.63, 3.8) is 0 Å². The maximum Gasteiger partial charge on any atom is 0.265 e. The summed E-state index contributed by atoms with van der Waals surface area (Å²) >= 11 is 6.06. The molecule has 3 nitrogen and oxygen atoms in total. The zero-order valence-corrected chi connectivity index (χ0v) is 14.0. The fourth-order valence-electron chi connectivity index (χ4n) is 1.99. The summed E-state index contributed by atoms with van der Waals surface area (Å²) in [6, 6.07) is 11.4. The van der Waals surface area contributed by atoms with Crippen molar-refractivity contribution < 1.29 is 9.53 Å².